The van der Waals surface area contributed by atoms with E-state index in [1.54, 1.807) is 12.1 Å². The molecule has 1 fully saturated rings. The number of nitrogens with two attached hydrogens (primary N) is 1. The van der Waals surface area contributed by atoms with Crippen LogP contribution in [0.3, 0.4) is 0 Å². The normalized spacial score (nSPS) is 18.0. The molecule has 1 amide bonds. The third-order valence-corrected chi connectivity index (χ3v) is 6.71. The zero-order chi connectivity index (χ0) is 23.0. The van der Waals surface area contributed by atoms with Crippen molar-refractivity contribution in [3.8, 4) is 5.75 Å². The number of rotatable bonds is 6. The number of aromatic amines is 1. The monoisotopic (exact) mass is 468 g/mol. The van der Waals surface area contributed by atoms with Crippen LogP contribution in [-0.2, 0) is 19.6 Å². The van der Waals surface area contributed by atoms with Gasteiger partial charge in [-0.1, -0.05) is 0 Å². The second kappa shape index (κ2) is 8.64. The van der Waals surface area contributed by atoms with E-state index in [0.717, 1.165) is 55.2 Å². The summed E-state index contributed by atoms with van der Waals surface area (Å²) in [6, 6.07) is 12.0. The summed E-state index contributed by atoms with van der Waals surface area (Å²) in [4.78, 5) is 18.1. The summed E-state index contributed by atoms with van der Waals surface area (Å²) in [5.74, 6) is 0.470. The fourth-order valence-corrected chi connectivity index (χ4v) is 4.60. The van der Waals surface area contributed by atoms with Gasteiger partial charge >= 0.3 is 0 Å². The number of primary sulfonamides is 1. The predicted octanol–water partition coefficient (Wildman–Crippen LogP) is 2.02. The van der Waals surface area contributed by atoms with Crippen molar-refractivity contribution >= 4 is 44.2 Å². The maximum absolute atomic E-state index is 12.5. The Labute approximate surface area is 191 Å². The summed E-state index contributed by atoms with van der Waals surface area (Å²) >= 11 is 0. The predicted molar refractivity (Wildman–Crippen MR) is 125 cm³/mol. The molecule has 3 heterocycles. The second-order valence-electron chi connectivity index (χ2n) is 8.04. The number of nitrogens with zero attached hydrogens (tertiary/aromatic N) is 1. The van der Waals surface area contributed by atoms with Crippen LogP contribution in [0.1, 0.15) is 11.3 Å². The van der Waals surface area contributed by atoms with Crippen LogP contribution in [0.4, 0.5) is 5.69 Å². The van der Waals surface area contributed by atoms with Gasteiger partial charge in [0.2, 0.25) is 10.0 Å². The van der Waals surface area contributed by atoms with Crippen LogP contribution in [0.15, 0.2) is 47.4 Å². The number of amides is 1. The van der Waals surface area contributed by atoms with Crippen molar-refractivity contribution in [1.82, 2.24) is 9.88 Å². The van der Waals surface area contributed by atoms with Crippen molar-refractivity contribution in [2.24, 2.45) is 5.14 Å². The van der Waals surface area contributed by atoms with Gasteiger partial charge in [0.1, 0.15) is 12.4 Å². The number of hydrogen-bond donors (Lipinski definition) is 3. The molecule has 0 saturated carbocycles. The molecule has 0 spiro atoms. The molecule has 0 unspecified atom stereocenters. The van der Waals surface area contributed by atoms with E-state index >= 15 is 0 Å². The molecule has 4 N–H and O–H groups in total. The largest absolute Gasteiger partial charge is 0.492 e. The first-order valence-electron chi connectivity index (χ1n) is 10.6. The first kappa shape index (κ1) is 21.7. The highest BCUT2D eigenvalue weighted by atomic mass is 32.2. The highest BCUT2D eigenvalue weighted by Gasteiger charge is 2.26. The van der Waals surface area contributed by atoms with Crippen LogP contribution in [0, 0.1) is 0 Å². The summed E-state index contributed by atoms with van der Waals surface area (Å²) < 4.78 is 34.7. The van der Waals surface area contributed by atoms with E-state index in [-0.39, 0.29) is 10.8 Å². The molecule has 10 heteroatoms. The average molecular weight is 469 g/mol. The molecule has 0 atom stereocenters. The maximum atomic E-state index is 12.5. The Hall–Kier alpha value is -3.18. The number of carbonyl (C=O) groups excluding carboxylic acids is 1. The summed E-state index contributed by atoms with van der Waals surface area (Å²) in [7, 11) is -3.88. The van der Waals surface area contributed by atoms with Crippen LogP contribution in [0.2, 0.25) is 0 Å². The highest BCUT2D eigenvalue weighted by Crippen LogP contribution is 2.35. The van der Waals surface area contributed by atoms with Gasteiger partial charge in [-0.25, -0.2) is 13.6 Å². The molecule has 0 bridgehead atoms. The molecule has 2 aromatic carbocycles. The maximum Gasteiger partial charge on any atom is 0.256 e. The van der Waals surface area contributed by atoms with Crippen molar-refractivity contribution in [1.29, 1.82) is 0 Å². The van der Waals surface area contributed by atoms with Gasteiger partial charge < -0.3 is 19.8 Å². The van der Waals surface area contributed by atoms with Crippen molar-refractivity contribution in [2.45, 2.75) is 4.90 Å². The number of fused-ring (bicyclic) bond motifs is 2. The smallest absolute Gasteiger partial charge is 0.256 e. The van der Waals surface area contributed by atoms with E-state index in [2.05, 4.69) is 15.2 Å². The van der Waals surface area contributed by atoms with E-state index in [0.29, 0.717) is 23.4 Å². The molecule has 1 aromatic heterocycles. The topological polar surface area (TPSA) is 127 Å². The van der Waals surface area contributed by atoms with Gasteiger partial charge in [-0.05, 0) is 48.5 Å². The number of hydrogen-bond acceptors (Lipinski definition) is 6. The summed E-state index contributed by atoms with van der Waals surface area (Å²) in [6.45, 7) is 4.82. The molecule has 1 saturated heterocycles. The molecular weight excluding hydrogens is 444 g/mol. The fraction of sp³-hybridized carbons (Fsp3) is 0.261. The minimum atomic E-state index is -3.88. The number of sulfonamides is 1. The van der Waals surface area contributed by atoms with Crippen molar-refractivity contribution < 1.29 is 22.7 Å². The molecule has 5 rings (SSSR count). The number of aromatic nitrogens is 1. The Morgan fingerprint density at radius 1 is 1.12 bits per heavy atom. The lowest BCUT2D eigenvalue weighted by Gasteiger charge is -2.26. The lowest BCUT2D eigenvalue weighted by Crippen LogP contribution is -2.38. The Kier molecular flexibility index (Phi) is 5.67. The quantitative estimate of drug-likeness (QED) is 0.475. The molecule has 3 aromatic rings. The molecule has 0 radical (unpaired) electrons. The Bertz CT molecular complexity index is 1360. The first-order valence-corrected chi connectivity index (χ1v) is 12.2. The Morgan fingerprint density at radius 2 is 1.94 bits per heavy atom. The summed E-state index contributed by atoms with van der Waals surface area (Å²) in [5.41, 5.74) is 3.03. The van der Waals surface area contributed by atoms with E-state index in [1.807, 2.05) is 24.3 Å². The van der Waals surface area contributed by atoms with Gasteiger partial charge in [-0.3, -0.25) is 9.69 Å². The molecule has 0 aliphatic carbocycles. The number of benzene rings is 2. The van der Waals surface area contributed by atoms with E-state index in [1.165, 1.54) is 12.1 Å². The van der Waals surface area contributed by atoms with Gasteiger partial charge in [-0.2, -0.15) is 0 Å². The minimum absolute atomic E-state index is 0.0424. The average Bonchev–Trinajstić information content (AvgIpc) is 3.33. The fourth-order valence-electron chi connectivity index (χ4n) is 4.06. The van der Waals surface area contributed by atoms with Crippen LogP contribution >= 0.6 is 0 Å². The van der Waals surface area contributed by atoms with Crippen LogP contribution in [0.5, 0.6) is 5.75 Å². The number of carbonyl (C=O) groups is 1. The van der Waals surface area contributed by atoms with Gasteiger partial charge in [0.15, 0.2) is 0 Å². The van der Waals surface area contributed by atoms with Crippen molar-refractivity contribution in [2.75, 3.05) is 44.8 Å². The van der Waals surface area contributed by atoms with Crippen LogP contribution in [0.25, 0.3) is 22.6 Å². The first-order chi connectivity index (χ1) is 15.9. The number of H-pyrrole nitrogens is 1. The van der Waals surface area contributed by atoms with Crippen molar-refractivity contribution in [3.05, 3.63) is 53.7 Å². The van der Waals surface area contributed by atoms with Gasteiger partial charge in [0.25, 0.3) is 5.91 Å². The Morgan fingerprint density at radius 3 is 2.73 bits per heavy atom. The lowest BCUT2D eigenvalue weighted by atomic mass is 10.1. The van der Waals surface area contributed by atoms with Crippen LogP contribution in [-0.4, -0.2) is 63.7 Å². The zero-order valence-electron chi connectivity index (χ0n) is 17.8. The SMILES string of the molecule is NS(=O)(=O)c1ccc2c(c1)/C(=C\c1cc3cc(OCCN4CCOCC4)ccc3[nH]1)C(=O)N2. The standard InChI is InChI=1S/C23H24N4O5S/c24-33(29,30)18-2-4-22-19(14-18)20(23(28)26-22)13-16-11-15-12-17(1-3-21(15)25-16)32-10-7-27-5-8-31-9-6-27/h1-4,11-14,25H,5-10H2,(H,26,28)(H2,24,29,30)/b20-13+. The third kappa shape index (κ3) is 4.64. The third-order valence-electron chi connectivity index (χ3n) is 5.80. The van der Waals surface area contributed by atoms with E-state index < -0.39 is 10.0 Å². The van der Waals surface area contributed by atoms with Crippen molar-refractivity contribution in [3.63, 3.8) is 0 Å². The summed E-state index contributed by atoms with van der Waals surface area (Å²) in [6.07, 6.45) is 1.70. The summed E-state index contributed by atoms with van der Waals surface area (Å²) in [5, 5.41) is 8.94. The van der Waals surface area contributed by atoms with Gasteiger partial charge in [0.05, 0.1) is 23.7 Å². The number of nitrogens with one attached hydrogen (secondary N) is 2. The van der Waals surface area contributed by atoms with Gasteiger partial charge in [0, 0.05) is 47.5 Å². The molecule has 9 nitrogen and oxygen atoms in total. The molecular formula is C23H24N4O5S. The minimum Gasteiger partial charge on any atom is -0.492 e. The molecule has 2 aliphatic rings. The number of ether oxygens (including phenoxy) is 2. The zero-order valence-corrected chi connectivity index (χ0v) is 18.7. The highest BCUT2D eigenvalue weighted by molar-refractivity contribution is 7.89. The van der Waals surface area contributed by atoms with Crippen LogP contribution < -0.4 is 15.2 Å². The molecule has 33 heavy (non-hydrogen) atoms. The number of morpholine rings is 1. The lowest BCUT2D eigenvalue weighted by molar-refractivity contribution is -0.110. The molecule has 172 valence electrons. The van der Waals surface area contributed by atoms with Gasteiger partial charge in [-0.15, -0.1) is 0 Å². The molecule has 2 aliphatic heterocycles. The number of anilines is 1. The van der Waals surface area contributed by atoms with E-state index in [4.69, 9.17) is 14.6 Å². The Balaban J connectivity index is 1.36. The van der Waals surface area contributed by atoms with E-state index in [9.17, 15) is 13.2 Å². The second-order valence-corrected chi connectivity index (χ2v) is 9.60.